The van der Waals surface area contributed by atoms with E-state index in [0.717, 1.165) is 26.0 Å². The highest BCUT2D eigenvalue weighted by Gasteiger charge is 2.17. The molecule has 2 heterocycles. The van der Waals surface area contributed by atoms with Crippen molar-refractivity contribution in [1.82, 2.24) is 14.7 Å². The Balaban J connectivity index is 1.78. The van der Waals surface area contributed by atoms with Crippen LogP contribution in [0.4, 0.5) is 0 Å². The van der Waals surface area contributed by atoms with Crippen molar-refractivity contribution in [2.45, 2.75) is 51.7 Å². The Labute approximate surface area is 120 Å². The zero-order valence-electron chi connectivity index (χ0n) is 12.7. The van der Waals surface area contributed by atoms with Gasteiger partial charge in [0.05, 0.1) is 17.9 Å². The fraction of sp³-hybridized carbons (Fsp3) is 0.733. The lowest BCUT2D eigenvalue weighted by Crippen LogP contribution is -2.28. The lowest BCUT2D eigenvalue weighted by Gasteiger charge is -2.17. The molecule has 0 radical (unpaired) electrons. The van der Waals surface area contributed by atoms with Crippen LogP contribution in [0.3, 0.4) is 0 Å². The van der Waals surface area contributed by atoms with Gasteiger partial charge in [-0.3, -0.25) is 9.48 Å². The third-order valence-corrected chi connectivity index (χ3v) is 3.77. The van der Waals surface area contributed by atoms with Gasteiger partial charge in [0, 0.05) is 32.4 Å². The molecule has 1 fully saturated rings. The Morgan fingerprint density at radius 1 is 1.60 bits per heavy atom. The van der Waals surface area contributed by atoms with E-state index in [0.29, 0.717) is 11.7 Å². The van der Waals surface area contributed by atoms with E-state index in [1.807, 2.05) is 31.8 Å². The first kappa shape index (κ1) is 15.0. The van der Waals surface area contributed by atoms with Gasteiger partial charge in [0.15, 0.2) is 0 Å². The first-order valence-corrected chi connectivity index (χ1v) is 7.49. The zero-order valence-corrected chi connectivity index (χ0v) is 12.7. The summed E-state index contributed by atoms with van der Waals surface area (Å²) in [6, 6.07) is 0.279. The summed E-state index contributed by atoms with van der Waals surface area (Å²) in [6.07, 6.45) is 8.26. The van der Waals surface area contributed by atoms with Gasteiger partial charge in [0.25, 0.3) is 5.91 Å². The van der Waals surface area contributed by atoms with Crippen molar-refractivity contribution in [3.05, 3.63) is 18.0 Å². The van der Waals surface area contributed by atoms with Crippen molar-refractivity contribution in [2.24, 2.45) is 0 Å². The minimum atomic E-state index is 0.0456. The molecule has 0 spiro atoms. The van der Waals surface area contributed by atoms with Gasteiger partial charge in [-0.05, 0) is 39.5 Å². The average molecular weight is 279 g/mol. The molecule has 1 aromatic rings. The van der Waals surface area contributed by atoms with Crippen LogP contribution in [0.15, 0.2) is 12.4 Å². The number of nitrogens with zero attached hydrogens (tertiary/aromatic N) is 3. The quantitative estimate of drug-likeness (QED) is 0.804. The van der Waals surface area contributed by atoms with Crippen LogP contribution in [0.5, 0.6) is 0 Å². The minimum absolute atomic E-state index is 0.0456. The summed E-state index contributed by atoms with van der Waals surface area (Å²) in [6.45, 7) is 5.76. The summed E-state index contributed by atoms with van der Waals surface area (Å²) in [5.41, 5.74) is 0.665. The molecule has 2 rings (SSSR count). The molecule has 1 aliphatic heterocycles. The highest BCUT2D eigenvalue weighted by atomic mass is 16.5. The van der Waals surface area contributed by atoms with Crippen molar-refractivity contribution in [3.63, 3.8) is 0 Å². The van der Waals surface area contributed by atoms with E-state index in [1.54, 1.807) is 11.1 Å². The molecule has 0 aliphatic carbocycles. The summed E-state index contributed by atoms with van der Waals surface area (Å²) >= 11 is 0. The number of hydrogen-bond acceptors (Lipinski definition) is 3. The Morgan fingerprint density at radius 3 is 3.00 bits per heavy atom. The first-order valence-electron chi connectivity index (χ1n) is 7.49. The molecule has 112 valence electrons. The molecule has 0 N–H and O–H groups in total. The van der Waals surface area contributed by atoms with Crippen LogP contribution in [0.25, 0.3) is 0 Å². The number of aromatic nitrogens is 2. The van der Waals surface area contributed by atoms with Crippen molar-refractivity contribution in [2.75, 3.05) is 20.2 Å². The second kappa shape index (κ2) is 6.88. The molecule has 1 atom stereocenters. The number of hydrogen-bond donors (Lipinski definition) is 0. The van der Waals surface area contributed by atoms with Gasteiger partial charge in [-0.1, -0.05) is 0 Å². The molecule has 5 nitrogen and oxygen atoms in total. The fourth-order valence-electron chi connectivity index (χ4n) is 2.48. The number of rotatable bonds is 6. The van der Waals surface area contributed by atoms with E-state index < -0.39 is 0 Å². The summed E-state index contributed by atoms with van der Waals surface area (Å²) in [4.78, 5) is 14.0. The second-order valence-electron chi connectivity index (χ2n) is 5.81. The van der Waals surface area contributed by atoms with E-state index in [9.17, 15) is 4.79 Å². The predicted octanol–water partition coefficient (Wildman–Crippen LogP) is 2.50. The summed E-state index contributed by atoms with van der Waals surface area (Å²) in [5.74, 6) is 0.0456. The van der Waals surface area contributed by atoms with E-state index in [1.165, 1.54) is 12.8 Å². The monoisotopic (exact) mass is 279 g/mol. The van der Waals surface area contributed by atoms with Crippen LogP contribution >= 0.6 is 0 Å². The zero-order chi connectivity index (χ0) is 14.5. The smallest absolute Gasteiger partial charge is 0.256 e. The van der Waals surface area contributed by atoms with Crippen LogP contribution in [0.2, 0.25) is 0 Å². The first-order chi connectivity index (χ1) is 9.58. The van der Waals surface area contributed by atoms with Crippen LogP contribution in [0, 0.1) is 0 Å². The van der Waals surface area contributed by atoms with E-state index in [2.05, 4.69) is 5.10 Å². The molecule has 1 saturated heterocycles. The van der Waals surface area contributed by atoms with Gasteiger partial charge in [0.1, 0.15) is 0 Å². The maximum absolute atomic E-state index is 12.2. The molecule has 20 heavy (non-hydrogen) atoms. The molecule has 1 aromatic heterocycles. The van der Waals surface area contributed by atoms with Gasteiger partial charge in [0.2, 0.25) is 0 Å². The van der Waals surface area contributed by atoms with Crippen molar-refractivity contribution >= 4 is 5.91 Å². The van der Waals surface area contributed by atoms with Crippen LogP contribution in [0.1, 0.15) is 55.9 Å². The van der Waals surface area contributed by atoms with Crippen LogP contribution < -0.4 is 0 Å². The number of carbonyl (C=O) groups is 1. The van der Waals surface area contributed by atoms with Crippen LogP contribution in [-0.4, -0.2) is 46.9 Å². The largest absolute Gasteiger partial charge is 0.378 e. The lowest BCUT2D eigenvalue weighted by atomic mass is 10.1. The van der Waals surface area contributed by atoms with Crippen molar-refractivity contribution in [3.8, 4) is 0 Å². The summed E-state index contributed by atoms with van der Waals surface area (Å²) < 4.78 is 7.41. The second-order valence-corrected chi connectivity index (χ2v) is 5.81. The van der Waals surface area contributed by atoms with Gasteiger partial charge < -0.3 is 9.64 Å². The molecule has 0 aromatic carbocycles. The topological polar surface area (TPSA) is 47.4 Å². The third kappa shape index (κ3) is 3.82. The van der Waals surface area contributed by atoms with Gasteiger partial charge in [-0.15, -0.1) is 0 Å². The Kier molecular flexibility index (Phi) is 5.17. The van der Waals surface area contributed by atoms with Gasteiger partial charge in [-0.25, -0.2) is 0 Å². The van der Waals surface area contributed by atoms with Crippen molar-refractivity contribution in [1.29, 1.82) is 0 Å². The standard InChI is InChI=1S/C15H25N3O2/c1-12(2)18-11-13(10-16-18)15(19)17(3)8-4-6-14-7-5-9-20-14/h10-12,14H,4-9H2,1-3H3/t14-/m0/s1. The molecule has 1 aliphatic rings. The van der Waals surface area contributed by atoms with Gasteiger partial charge >= 0.3 is 0 Å². The van der Waals surface area contributed by atoms with E-state index >= 15 is 0 Å². The highest BCUT2D eigenvalue weighted by Crippen LogP contribution is 2.17. The average Bonchev–Trinajstić information content (AvgIpc) is 3.08. The number of amides is 1. The summed E-state index contributed by atoms with van der Waals surface area (Å²) in [5, 5.41) is 4.21. The number of ether oxygens (including phenoxy) is 1. The Bertz CT molecular complexity index is 436. The lowest BCUT2D eigenvalue weighted by molar-refractivity contribution is 0.0763. The molecular formula is C15H25N3O2. The maximum Gasteiger partial charge on any atom is 0.256 e. The summed E-state index contributed by atoms with van der Waals surface area (Å²) in [7, 11) is 1.85. The number of carbonyl (C=O) groups excluding carboxylic acids is 1. The Hall–Kier alpha value is -1.36. The minimum Gasteiger partial charge on any atom is -0.378 e. The maximum atomic E-state index is 12.2. The molecule has 1 amide bonds. The molecular weight excluding hydrogens is 254 g/mol. The molecule has 5 heteroatoms. The SMILES string of the molecule is CC(C)n1cc(C(=O)N(C)CCC[C@H]2CCCO2)cn1. The molecule has 0 saturated carbocycles. The highest BCUT2D eigenvalue weighted by molar-refractivity contribution is 5.93. The molecule has 0 bridgehead atoms. The van der Waals surface area contributed by atoms with E-state index in [4.69, 9.17) is 4.74 Å². The molecule has 0 unspecified atom stereocenters. The van der Waals surface area contributed by atoms with Crippen LogP contribution in [-0.2, 0) is 4.74 Å². The van der Waals surface area contributed by atoms with E-state index in [-0.39, 0.29) is 11.9 Å². The predicted molar refractivity (Wildman–Crippen MR) is 77.8 cm³/mol. The Morgan fingerprint density at radius 2 is 2.40 bits per heavy atom. The fourth-order valence-corrected chi connectivity index (χ4v) is 2.48. The third-order valence-electron chi connectivity index (χ3n) is 3.77. The van der Waals surface area contributed by atoms with Gasteiger partial charge in [-0.2, -0.15) is 5.10 Å². The normalized spacial score (nSPS) is 18.7. The van der Waals surface area contributed by atoms with Crippen molar-refractivity contribution < 1.29 is 9.53 Å².